The summed E-state index contributed by atoms with van der Waals surface area (Å²) in [6, 6.07) is 11.7. The van der Waals surface area contributed by atoms with Crippen molar-refractivity contribution in [2.75, 3.05) is 33.3 Å². The van der Waals surface area contributed by atoms with Crippen molar-refractivity contribution in [2.24, 2.45) is 0 Å². The number of amides is 1. The highest BCUT2D eigenvalue weighted by molar-refractivity contribution is 7.89. The summed E-state index contributed by atoms with van der Waals surface area (Å²) in [6.45, 7) is 1.32. The molecule has 0 bridgehead atoms. The highest BCUT2D eigenvalue weighted by Gasteiger charge is 2.29. The Hall–Kier alpha value is -3.43. The summed E-state index contributed by atoms with van der Waals surface area (Å²) in [5.74, 6) is 0.152. The van der Waals surface area contributed by atoms with E-state index in [1.807, 2.05) is 6.07 Å². The Morgan fingerprint density at radius 1 is 1.12 bits per heavy atom. The second-order valence-electron chi connectivity index (χ2n) is 7.70. The average Bonchev–Trinajstić information content (AvgIpc) is 3.10. The number of phenols is 1. The Morgan fingerprint density at radius 3 is 2.79 bits per heavy atom. The molecule has 3 aromatic rings. The normalized spacial score (nSPS) is 15.6. The van der Waals surface area contributed by atoms with Gasteiger partial charge < -0.3 is 14.7 Å². The van der Waals surface area contributed by atoms with Crippen molar-refractivity contribution in [1.29, 1.82) is 0 Å². The van der Waals surface area contributed by atoms with Gasteiger partial charge in [0.2, 0.25) is 15.9 Å². The summed E-state index contributed by atoms with van der Waals surface area (Å²) < 4.78 is 33.3. The van der Waals surface area contributed by atoms with Crippen molar-refractivity contribution >= 4 is 32.8 Å². The lowest BCUT2D eigenvalue weighted by molar-refractivity contribution is -0.125. The first-order valence-corrected chi connectivity index (χ1v) is 12.0. The number of hydrogen-bond acceptors (Lipinski definition) is 6. The van der Waals surface area contributed by atoms with Crippen LogP contribution in [0, 0.1) is 0 Å². The number of pyridine rings is 1. The second kappa shape index (κ2) is 9.60. The molecule has 0 saturated carbocycles. The molecule has 9 heteroatoms. The first kappa shape index (κ1) is 22.8. The molecule has 0 atom stereocenters. The zero-order valence-corrected chi connectivity index (χ0v) is 19.0. The summed E-state index contributed by atoms with van der Waals surface area (Å²) in [5, 5.41) is 11.1. The molecule has 1 amide bonds. The van der Waals surface area contributed by atoms with Gasteiger partial charge >= 0.3 is 0 Å². The molecule has 8 nitrogen and oxygen atoms in total. The minimum absolute atomic E-state index is 0.0252. The number of aromatic nitrogens is 1. The number of phenolic OH excluding ortho intramolecular Hbond substituents is 1. The lowest BCUT2D eigenvalue weighted by atomic mass is 10.2. The molecule has 2 heterocycles. The number of ether oxygens (including phenoxy) is 1. The Bertz CT molecular complexity index is 1300. The molecule has 0 aliphatic carbocycles. The van der Waals surface area contributed by atoms with Crippen LogP contribution in [0.15, 0.2) is 65.8 Å². The van der Waals surface area contributed by atoms with Gasteiger partial charge in [-0.15, -0.1) is 0 Å². The smallest absolute Gasteiger partial charge is 0.246 e. The third kappa shape index (κ3) is 4.84. The van der Waals surface area contributed by atoms with E-state index in [-0.39, 0.29) is 23.1 Å². The van der Waals surface area contributed by atoms with Crippen LogP contribution in [0.4, 0.5) is 0 Å². The number of aromatic hydroxyl groups is 1. The summed E-state index contributed by atoms with van der Waals surface area (Å²) in [5.41, 5.74) is 0.711. The molecule has 1 aliphatic heterocycles. The average molecular weight is 468 g/mol. The number of carbonyl (C=O) groups is 1. The number of nitrogens with zero attached hydrogens (tertiary/aromatic N) is 3. The molecular formula is C24H25N3O5S. The van der Waals surface area contributed by atoms with Crippen LogP contribution < -0.4 is 4.74 Å². The fraction of sp³-hybridized carbons (Fsp3) is 0.250. The van der Waals surface area contributed by atoms with Gasteiger partial charge in [0.25, 0.3) is 0 Å². The maximum Gasteiger partial charge on any atom is 0.246 e. The van der Waals surface area contributed by atoms with Gasteiger partial charge in [-0.1, -0.05) is 18.2 Å². The first-order valence-electron chi connectivity index (χ1n) is 10.6. The molecule has 1 fully saturated rings. The molecule has 33 heavy (non-hydrogen) atoms. The van der Waals surface area contributed by atoms with Gasteiger partial charge in [-0.25, -0.2) is 8.42 Å². The van der Waals surface area contributed by atoms with E-state index in [0.29, 0.717) is 42.8 Å². The largest absolute Gasteiger partial charge is 0.504 e. The van der Waals surface area contributed by atoms with Crippen LogP contribution in [0.3, 0.4) is 0 Å². The van der Waals surface area contributed by atoms with E-state index < -0.39 is 10.0 Å². The predicted molar refractivity (Wildman–Crippen MR) is 125 cm³/mol. The molecule has 172 valence electrons. The number of rotatable bonds is 5. The lowest BCUT2D eigenvalue weighted by Crippen LogP contribution is -2.36. The van der Waals surface area contributed by atoms with E-state index in [2.05, 4.69) is 4.98 Å². The van der Waals surface area contributed by atoms with Crippen LogP contribution in [0.2, 0.25) is 0 Å². The summed E-state index contributed by atoms with van der Waals surface area (Å²) in [4.78, 5) is 18.7. The van der Waals surface area contributed by atoms with E-state index in [1.165, 1.54) is 23.6 Å². The second-order valence-corrected chi connectivity index (χ2v) is 9.61. The Balaban J connectivity index is 1.47. The van der Waals surface area contributed by atoms with Crippen molar-refractivity contribution in [3.05, 3.63) is 66.5 Å². The zero-order chi connectivity index (χ0) is 23.4. The van der Waals surface area contributed by atoms with E-state index in [0.717, 1.165) is 5.39 Å². The number of methoxy groups -OCH3 is 1. The van der Waals surface area contributed by atoms with Gasteiger partial charge in [0.15, 0.2) is 11.5 Å². The molecule has 0 radical (unpaired) electrons. The van der Waals surface area contributed by atoms with Gasteiger partial charge in [0, 0.05) is 55.4 Å². The molecule has 1 N–H and O–H groups in total. The third-order valence-corrected chi connectivity index (χ3v) is 7.60. The number of sulfonamides is 1. The number of fused-ring (bicyclic) bond motifs is 1. The van der Waals surface area contributed by atoms with E-state index in [1.54, 1.807) is 53.7 Å². The molecular weight excluding hydrogens is 442 g/mol. The quantitative estimate of drug-likeness (QED) is 0.579. The third-order valence-electron chi connectivity index (χ3n) is 5.65. The van der Waals surface area contributed by atoms with Gasteiger partial charge in [0.05, 0.1) is 12.0 Å². The zero-order valence-electron chi connectivity index (χ0n) is 18.2. The minimum Gasteiger partial charge on any atom is -0.504 e. The number of carbonyl (C=O) groups excluding carboxylic acids is 1. The number of benzene rings is 2. The van der Waals surface area contributed by atoms with Crippen molar-refractivity contribution in [3.8, 4) is 11.5 Å². The predicted octanol–water partition coefficient (Wildman–Crippen LogP) is 2.89. The van der Waals surface area contributed by atoms with Gasteiger partial charge in [-0.05, 0) is 42.3 Å². The van der Waals surface area contributed by atoms with Crippen molar-refractivity contribution in [2.45, 2.75) is 11.3 Å². The SMILES string of the molecule is COc1cc(/C=C/C(=O)N2CCCN(S(=O)(=O)c3cccc4cnccc34)CC2)ccc1O. The lowest BCUT2D eigenvalue weighted by Gasteiger charge is -2.22. The Kier molecular flexibility index (Phi) is 6.62. The summed E-state index contributed by atoms with van der Waals surface area (Å²) >= 11 is 0. The maximum atomic E-state index is 13.4. The van der Waals surface area contributed by atoms with E-state index >= 15 is 0 Å². The summed E-state index contributed by atoms with van der Waals surface area (Å²) in [6.07, 6.45) is 6.87. The van der Waals surface area contributed by atoms with E-state index in [4.69, 9.17) is 4.74 Å². The molecule has 0 spiro atoms. The number of hydrogen-bond donors (Lipinski definition) is 1. The van der Waals surface area contributed by atoms with Gasteiger partial charge in [0.1, 0.15) is 0 Å². The monoisotopic (exact) mass is 467 g/mol. The molecule has 4 rings (SSSR count). The minimum atomic E-state index is -3.72. The first-order chi connectivity index (χ1) is 15.9. The van der Waals surface area contributed by atoms with Crippen LogP contribution in [0.1, 0.15) is 12.0 Å². The summed E-state index contributed by atoms with van der Waals surface area (Å²) in [7, 11) is -2.26. The van der Waals surface area contributed by atoms with Gasteiger partial charge in [-0.2, -0.15) is 4.31 Å². The highest BCUT2D eigenvalue weighted by Crippen LogP contribution is 2.27. The molecule has 2 aromatic carbocycles. The standard InChI is InChI=1S/C24H25N3O5S/c1-32-22-16-18(6-8-21(22)28)7-9-24(29)26-12-3-13-27(15-14-26)33(30,31)23-5-2-4-19-17-25-11-10-20(19)23/h2,4-11,16-17,28H,3,12-15H2,1H3/b9-7+. The van der Waals surface area contributed by atoms with Crippen LogP contribution in [-0.4, -0.2) is 66.9 Å². The molecule has 1 saturated heterocycles. The van der Waals surface area contributed by atoms with Crippen LogP contribution in [0.5, 0.6) is 11.5 Å². The molecule has 1 aromatic heterocycles. The molecule has 0 unspecified atom stereocenters. The van der Waals surface area contributed by atoms with E-state index in [9.17, 15) is 18.3 Å². The van der Waals surface area contributed by atoms with Crippen LogP contribution in [0.25, 0.3) is 16.8 Å². The molecule has 1 aliphatic rings. The Labute approximate surface area is 192 Å². The highest BCUT2D eigenvalue weighted by atomic mass is 32.2. The van der Waals surface area contributed by atoms with Crippen LogP contribution in [-0.2, 0) is 14.8 Å². The Morgan fingerprint density at radius 2 is 1.97 bits per heavy atom. The topological polar surface area (TPSA) is 100 Å². The van der Waals surface area contributed by atoms with Crippen LogP contribution >= 0.6 is 0 Å². The van der Waals surface area contributed by atoms with Crippen molar-refractivity contribution in [3.63, 3.8) is 0 Å². The fourth-order valence-corrected chi connectivity index (χ4v) is 5.57. The maximum absolute atomic E-state index is 13.4. The van der Waals surface area contributed by atoms with Gasteiger partial charge in [-0.3, -0.25) is 9.78 Å². The van der Waals surface area contributed by atoms with Crippen molar-refractivity contribution in [1.82, 2.24) is 14.2 Å². The van der Waals surface area contributed by atoms with Crippen molar-refractivity contribution < 1.29 is 23.1 Å². The fourth-order valence-electron chi connectivity index (χ4n) is 3.88.